The standard InChI is InChI=1S/C19H18BrN5O2/c1-3-27-19(26)12(2)24-25-16-11-21-17(13-7-5-4-6-8-13)18-14(22-16)9-10-15(20)23-18/h4-10H,3,11H2,1-2H3,(H,22,25)/b24-12-. The summed E-state index contributed by atoms with van der Waals surface area (Å²) in [5.74, 6) is 0.0358. The van der Waals surface area contributed by atoms with Gasteiger partial charge in [0.1, 0.15) is 21.8 Å². The zero-order valence-corrected chi connectivity index (χ0v) is 16.5. The van der Waals surface area contributed by atoms with Crippen LogP contribution in [0, 0.1) is 0 Å². The summed E-state index contributed by atoms with van der Waals surface area (Å²) in [5, 5.41) is 4.06. The number of carbonyl (C=O) groups is 1. The maximum absolute atomic E-state index is 11.7. The van der Waals surface area contributed by atoms with Crippen LogP contribution < -0.4 is 5.43 Å². The van der Waals surface area contributed by atoms with E-state index >= 15 is 0 Å². The predicted octanol–water partition coefficient (Wildman–Crippen LogP) is 3.25. The summed E-state index contributed by atoms with van der Waals surface area (Å²) in [6.07, 6.45) is 0. The van der Waals surface area contributed by atoms with Gasteiger partial charge >= 0.3 is 5.97 Å². The molecule has 0 unspecified atom stereocenters. The van der Waals surface area contributed by atoms with E-state index in [0.717, 1.165) is 11.3 Å². The lowest BCUT2D eigenvalue weighted by Gasteiger charge is -2.07. The van der Waals surface area contributed by atoms with Crippen LogP contribution in [0.15, 0.2) is 62.2 Å². The van der Waals surface area contributed by atoms with Gasteiger partial charge in [0.05, 0.1) is 24.6 Å². The molecule has 0 fully saturated rings. The second-order valence-corrected chi connectivity index (χ2v) is 6.43. The second kappa shape index (κ2) is 8.68. The Bertz CT molecular complexity index is 938. The Hall–Kier alpha value is -2.87. The maximum atomic E-state index is 11.7. The molecule has 7 nitrogen and oxygen atoms in total. The number of ether oxygens (including phenoxy) is 1. The quantitative estimate of drug-likeness (QED) is 0.351. The van der Waals surface area contributed by atoms with Crippen LogP contribution >= 0.6 is 15.9 Å². The van der Waals surface area contributed by atoms with E-state index in [-0.39, 0.29) is 12.3 Å². The van der Waals surface area contributed by atoms with Crippen molar-refractivity contribution in [3.63, 3.8) is 0 Å². The van der Waals surface area contributed by atoms with Crippen molar-refractivity contribution < 1.29 is 9.53 Å². The minimum atomic E-state index is -0.473. The number of halogens is 1. The third-order valence-corrected chi connectivity index (χ3v) is 4.12. The molecular formula is C19H18BrN5O2. The summed E-state index contributed by atoms with van der Waals surface area (Å²) in [6.45, 7) is 3.90. The van der Waals surface area contributed by atoms with Crippen molar-refractivity contribution in [1.82, 2.24) is 10.4 Å². The minimum absolute atomic E-state index is 0.213. The van der Waals surface area contributed by atoms with Gasteiger partial charge < -0.3 is 4.74 Å². The van der Waals surface area contributed by atoms with Gasteiger partial charge in [-0.05, 0) is 41.9 Å². The number of hydrazone groups is 1. The van der Waals surface area contributed by atoms with Crippen molar-refractivity contribution >= 4 is 44.8 Å². The van der Waals surface area contributed by atoms with Crippen LogP contribution in [0.1, 0.15) is 25.1 Å². The highest BCUT2D eigenvalue weighted by molar-refractivity contribution is 9.10. The summed E-state index contributed by atoms with van der Waals surface area (Å²) < 4.78 is 5.62. The number of hydrogen-bond donors (Lipinski definition) is 1. The Morgan fingerprint density at radius 1 is 1.26 bits per heavy atom. The number of aliphatic imine (C=N–C) groups is 2. The van der Waals surface area contributed by atoms with E-state index in [0.29, 0.717) is 28.4 Å². The van der Waals surface area contributed by atoms with E-state index in [1.54, 1.807) is 13.8 Å². The molecule has 0 atom stereocenters. The van der Waals surface area contributed by atoms with Crippen LogP contribution in [0.5, 0.6) is 0 Å². The molecular weight excluding hydrogens is 410 g/mol. The summed E-state index contributed by atoms with van der Waals surface area (Å²) in [7, 11) is 0. The summed E-state index contributed by atoms with van der Waals surface area (Å²) in [4.78, 5) is 25.5. The normalized spacial score (nSPS) is 13.8. The van der Waals surface area contributed by atoms with E-state index in [2.05, 4.69) is 41.4 Å². The van der Waals surface area contributed by atoms with E-state index in [4.69, 9.17) is 4.74 Å². The molecule has 1 aliphatic rings. The summed E-state index contributed by atoms with van der Waals surface area (Å²) in [6, 6.07) is 13.5. The maximum Gasteiger partial charge on any atom is 0.354 e. The lowest BCUT2D eigenvalue weighted by molar-refractivity contribution is -0.135. The van der Waals surface area contributed by atoms with Crippen LogP contribution in [0.2, 0.25) is 0 Å². The molecule has 1 N–H and O–H groups in total. The first kappa shape index (κ1) is 18.9. The van der Waals surface area contributed by atoms with Gasteiger partial charge in [0, 0.05) is 5.56 Å². The molecule has 8 heteroatoms. The van der Waals surface area contributed by atoms with E-state index in [9.17, 15) is 4.79 Å². The molecule has 0 aliphatic carbocycles. The van der Waals surface area contributed by atoms with Crippen LogP contribution in [0.25, 0.3) is 0 Å². The highest BCUT2D eigenvalue weighted by Gasteiger charge is 2.18. The SMILES string of the molecule is CCOC(=O)/C(C)=N\NC1=Nc2ccc(Br)nc2C(c2ccccc2)=NC1. The van der Waals surface area contributed by atoms with Gasteiger partial charge in [-0.2, -0.15) is 5.10 Å². The molecule has 2 aromatic rings. The van der Waals surface area contributed by atoms with Crippen molar-refractivity contribution in [2.24, 2.45) is 15.1 Å². The number of pyridine rings is 1. The Labute approximate surface area is 165 Å². The Balaban J connectivity index is 1.94. The number of aromatic nitrogens is 1. The first-order valence-corrected chi connectivity index (χ1v) is 9.19. The molecule has 3 rings (SSSR count). The van der Waals surface area contributed by atoms with Crippen molar-refractivity contribution in [3.05, 3.63) is 58.3 Å². The number of benzene rings is 1. The van der Waals surface area contributed by atoms with Gasteiger partial charge in [-0.3, -0.25) is 10.4 Å². The lowest BCUT2D eigenvalue weighted by Crippen LogP contribution is -2.25. The lowest BCUT2D eigenvalue weighted by atomic mass is 10.1. The second-order valence-electron chi connectivity index (χ2n) is 5.62. The molecule has 0 spiro atoms. The third-order valence-electron chi connectivity index (χ3n) is 3.68. The smallest absolute Gasteiger partial charge is 0.354 e. The molecule has 0 bridgehead atoms. The van der Waals surface area contributed by atoms with Crippen LogP contribution in [0.3, 0.4) is 0 Å². The number of esters is 1. The predicted molar refractivity (Wildman–Crippen MR) is 109 cm³/mol. The van der Waals surface area contributed by atoms with Crippen LogP contribution in [0.4, 0.5) is 5.69 Å². The Morgan fingerprint density at radius 3 is 2.78 bits per heavy atom. The van der Waals surface area contributed by atoms with E-state index in [1.165, 1.54) is 0 Å². The zero-order valence-electron chi connectivity index (χ0n) is 14.9. The van der Waals surface area contributed by atoms with Gasteiger partial charge in [0.25, 0.3) is 0 Å². The first-order valence-electron chi connectivity index (χ1n) is 8.40. The zero-order chi connectivity index (χ0) is 19.2. The van der Waals surface area contributed by atoms with Crippen molar-refractivity contribution in [3.8, 4) is 0 Å². The monoisotopic (exact) mass is 427 g/mol. The summed E-state index contributed by atoms with van der Waals surface area (Å²) in [5.41, 5.74) is 6.08. The van der Waals surface area contributed by atoms with Gasteiger partial charge in [0.2, 0.25) is 0 Å². The van der Waals surface area contributed by atoms with E-state index in [1.807, 2.05) is 42.5 Å². The minimum Gasteiger partial charge on any atom is -0.461 e. The third kappa shape index (κ3) is 4.65. The molecule has 138 valence electrons. The topological polar surface area (TPSA) is 88.3 Å². The number of fused-ring (bicyclic) bond motifs is 1. The number of rotatable bonds is 4. The molecule has 0 saturated carbocycles. The molecule has 2 heterocycles. The van der Waals surface area contributed by atoms with Crippen LogP contribution in [-0.2, 0) is 9.53 Å². The highest BCUT2D eigenvalue weighted by Crippen LogP contribution is 2.25. The fraction of sp³-hybridized carbons (Fsp3) is 0.211. The molecule has 27 heavy (non-hydrogen) atoms. The Morgan fingerprint density at radius 2 is 2.04 bits per heavy atom. The summed E-state index contributed by atoms with van der Waals surface area (Å²) >= 11 is 3.41. The van der Waals surface area contributed by atoms with Crippen molar-refractivity contribution in [2.45, 2.75) is 13.8 Å². The largest absolute Gasteiger partial charge is 0.461 e. The number of nitrogens with zero attached hydrogens (tertiary/aromatic N) is 4. The molecule has 1 aliphatic heterocycles. The molecule has 1 aromatic carbocycles. The molecule has 0 amide bonds. The van der Waals surface area contributed by atoms with Crippen molar-refractivity contribution in [1.29, 1.82) is 0 Å². The molecule has 1 aromatic heterocycles. The van der Waals surface area contributed by atoms with Gasteiger partial charge in [0.15, 0.2) is 0 Å². The highest BCUT2D eigenvalue weighted by atomic mass is 79.9. The number of amidine groups is 1. The van der Waals surface area contributed by atoms with Gasteiger partial charge in [-0.25, -0.2) is 14.8 Å². The van der Waals surface area contributed by atoms with Gasteiger partial charge in [-0.1, -0.05) is 30.3 Å². The fourth-order valence-electron chi connectivity index (χ4n) is 2.42. The average molecular weight is 428 g/mol. The fourth-order valence-corrected chi connectivity index (χ4v) is 2.73. The molecule has 0 saturated heterocycles. The van der Waals surface area contributed by atoms with Gasteiger partial charge in [-0.15, -0.1) is 0 Å². The number of carbonyl (C=O) groups excluding carboxylic acids is 1. The van der Waals surface area contributed by atoms with E-state index < -0.39 is 5.97 Å². The van der Waals surface area contributed by atoms with Crippen LogP contribution in [-0.4, -0.2) is 41.4 Å². The number of nitrogens with one attached hydrogen (secondary N) is 1. The molecule has 0 radical (unpaired) electrons. The van der Waals surface area contributed by atoms with Crippen molar-refractivity contribution in [2.75, 3.05) is 13.2 Å². The first-order chi connectivity index (χ1) is 13.1. The average Bonchev–Trinajstić information content (AvgIpc) is 2.86. The Kier molecular flexibility index (Phi) is 6.08. The number of hydrogen-bond acceptors (Lipinski definition) is 7.